The van der Waals surface area contributed by atoms with E-state index in [1.54, 1.807) is 19.2 Å². The van der Waals surface area contributed by atoms with Crippen LogP contribution >= 0.6 is 22.9 Å². The molecule has 6 nitrogen and oxygen atoms in total. The van der Waals surface area contributed by atoms with Crippen molar-refractivity contribution in [2.75, 3.05) is 5.32 Å². The fraction of sp³-hybridized carbons (Fsp3) is 0.308. The van der Waals surface area contributed by atoms with E-state index in [9.17, 15) is 18.0 Å². The number of benzene rings is 1. The monoisotopic (exact) mass is 545 g/mol. The molecular formula is C26H23ClF3N5OS. The van der Waals surface area contributed by atoms with Crippen molar-refractivity contribution in [3.05, 3.63) is 69.9 Å². The van der Waals surface area contributed by atoms with Gasteiger partial charge in [-0.15, -0.1) is 11.3 Å². The molecule has 1 aromatic carbocycles. The van der Waals surface area contributed by atoms with Gasteiger partial charge in [-0.25, -0.2) is 9.97 Å². The number of nitrogens with zero attached hydrogens (tertiary/aromatic N) is 3. The zero-order valence-corrected chi connectivity index (χ0v) is 21.3. The lowest BCUT2D eigenvalue weighted by molar-refractivity contribution is -0.140. The van der Waals surface area contributed by atoms with Crippen LogP contribution in [0.15, 0.2) is 48.7 Å². The van der Waals surface area contributed by atoms with Crippen LogP contribution in [-0.4, -0.2) is 32.9 Å². The standard InChI is InChI=1S/C26H23ClF3N5OS/c1-14-23(37-25(32-14)20-4-2-3-11-31-20)24(36)34-17-8-6-16(7-9-17)33-21-13-22(26(28,29)30)35-19-10-5-15(27)12-18(19)21/h2-5,10-13,16-17H,6-9H2,1H3,(H,33,35)(H,34,36). The molecule has 0 unspecified atom stereocenters. The average molecular weight is 546 g/mol. The number of thiazole rings is 1. The highest BCUT2D eigenvalue weighted by Crippen LogP contribution is 2.35. The highest BCUT2D eigenvalue weighted by Gasteiger charge is 2.34. The van der Waals surface area contributed by atoms with E-state index >= 15 is 0 Å². The molecule has 11 heteroatoms. The smallest absolute Gasteiger partial charge is 0.382 e. The molecule has 4 aromatic rings. The van der Waals surface area contributed by atoms with E-state index in [0.29, 0.717) is 57.4 Å². The van der Waals surface area contributed by atoms with Crippen molar-refractivity contribution in [3.8, 4) is 10.7 Å². The molecule has 37 heavy (non-hydrogen) atoms. The number of rotatable bonds is 5. The van der Waals surface area contributed by atoms with E-state index in [1.807, 2.05) is 18.2 Å². The molecule has 1 aliphatic rings. The molecule has 1 aliphatic carbocycles. The second-order valence-electron chi connectivity index (χ2n) is 9.03. The number of nitrogens with one attached hydrogen (secondary N) is 2. The minimum absolute atomic E-state index is 0.0280. The van der Waals surface area contributed by atoms with Crippen LogP contribution in [0, 0.1) is 6.92 Å². The van der Waals surface area contributed by atoms with Crippen LogP contribution in [0.3, 0.4) is 0 Å². The highest BCUT2D eigenvalue weighted by atomic mass is 35.5. The number of carbonyl (C=O) groups excluding carboxylic acids is 1. The lowest BCUT2D eigenvalue weighted by Crippen LogP contribution is -2.40. The quantitative estimate of drug-likeness (QED) is 0.285. The minimum atomic E-state index is -4.56. The largest absolute Gasteiger partial charge is 0.433 e. The van der Waals surface area contributed by atoms with Crippen molar-refractivity contribution >= 4 is 45.4 Å². The third kappa shape index (κ3) is 5.70. The molecule has 0 atom stereocenters. The number of fused-ring (bicyclic) bond motifs is 1. The van der Waals surface area contributed by atoms with Gasteiger partial charge in [-0.1, -0.05) is 17.7 Å². The van der Waals surface area contributed by atoms with Gasteiger partial charge in [-0.05, 0) is 69.0 Å². The second-order valence-corrected chi connectivity index (χ2v) is 10.5. The summed E-state index contributed by atoms with van der Waals surface area (Å²) in [5.41, 5.74) is 1.01. The summed E-state index contributed by atoms with van der Waals surface area (Å²) in [6, 6.07) is 11.2. The van der Waals surface area contributed by atoms with Crippen molar-refractivity contribution in [2.24, 2.45) is 0 Å². The van der Waals surface area contributed by atoms with Crippen molar-refractivity contribution in [3.63, 3.8) is 0 Å². The van der Waals surface area contributed by atoms with Crippen molar-refractivity contribution < 1.29 is 18.0 Å². The van der Waals surface area contributed by atoms with Crippen LogP contribution in [0.25, 0.3) is 21.6 Å². The van der Waals surface area contributed by atoms with Gasteiger partial charge < -0.3 is 10.6 Å². The summed E-state index contributed by atoms with van der Waals surface area (Å²) in [7, 11) is 0. The first-order valence-electron chi connectivity index (χ1n) is 11.8. The molecular weight excluding hydrogens is 523 g/mol. The molecule has 3 aromatic heterocycles. The minimum Gasteiger partial charge on any atom is -0.382 e. The molecule has 0 spiro atoms. The lowest BCUT2D eigenvalue weighted by Gasteiger charge is -2.30. The Morgan fingerprint density at radius 3 is 2.51 bits per heavy atom. The van der Waals surface area contributed by atoms with Crippen molar-refractivity contribution in [1.29, 1.82) is 0 Å². The van der Waals surface area contributed by atoms with Gasteiger partial charge in [0, 0.05) is 34.4 Å². The number of amides is 1. The topological polar surface area (TPSA) is 79.8 Å². The van der Waals surface area contributed by atoms with Crippen LogP contribution < -0.4 is 10.6 Å². The molecule has 2 N–H and O–H groups in total. The van der Waals surface area contributed by atoms with Gasteiger partial charge in [0.25, 0.3) is 5.91 Å². The number of alkyl halides is 3. The molecule has 0 saturated heterocycles. The van der Waals surface area contributed by atoms with E-state index in [-0.39, 0.29) is 23.5 Å². The van der Waals surface area contributed by atoms with Crippen LogP contribution in [0.1, 0.15) is 46.7 Å². The van der Waals surface area contributed by atoms with E-state index in [0.717, 1.165) is 11.8 Å². The molecule has 1 fully saturated rings. The van der Waals surface area contributed by atoms with E-state index < -0.39 is 11.9 Å². The maximum Gasteiger partial charge on any atom is 0.433 e. The van der Waals surface area contributed by atoms with E-state index in [2.05, 4.69) is 25.6 Å². The summed E-state index contributed by atoms with van der Waals surface area (Å²) < 4.78 is 40.3. The molecule has 1 saturated carbocycles. The van der Waals surface area contributed by atoms with Gasteiger partial charge in [0.1, 0.15) is 15.6 Å². The molecule has 0 aliphatic heterocycles. The van der Waals surface area contributed by atoms with Gasteiger partial charge >= 0.3 is 6.18 Å². The van der Waals surface area contributed by atoms with Crippen molar-refractivity contribution in [1.82, 2.24) is 20.3 Å². The summed E-state index contributed by atoms with van der Waals surface area (Å²) in [5, 5.41) is 8.03. The van der Waals surface area contributed by atoms with Crippen LogP contribution in [-0.2, 0) is 6.18 Å². The number of aryl methyl sites for hydroxylation is 1. The molecule has 1 amide bonds. The molecule has 5 rings (SSSR count). The molecule has 0 radical (unpaired) electrons. The summed E-state index contributed by atoms with van der Waals surface area (Å²) >= 11 is 7.41. The maximum absolute atomic E-state index is 13.4. The summed E-state index contributed by atoms with van der Waals surface area (Å²) in [6.45, 7) is 1.80. The fourth-order valence-corrected chi connectivity index (χ4v) is 5.64. The van der Waals surface area contributed by atoms with Gasteiger partial charge in [0.2, 0.25) is 0 Å². The Labute approximate surface area is 220 Å². The van der Waals surface area contributed by atoms with E-state index in [1.165, 1.54) is 23.5 Å². The number of anilines is 1. The second kappa shape index (κ2) is 10.3. The first-order chi connectivity index (χ1) is 17.7. The highest BCUT2D eigenvalue weighted by molar-refractivity contribution is 7.17. The predicted molar refractivity (Wildman–Crippen MR) is 139 cm³/mol. The number of aromatic nitrogens is 3. The Morgan fingerprint density at radius 2 is 1.81 bits per heavy atom. The Kier molecular flexibility index (Phi) is 7.04. The summed E-state index contributed by atoms with van der Waals surface area (Å²) in [4.78, 5) is 26.1. The predicted octanol–water partition coefficient (Wildman–Crippen LogP) is 6.89. The lowest BCUT2D eigenvalue weighted by atomic mass is 9.90. The zero-order valence-electron chi connectivity index (χ0n) is 19.8. The summed E-state index contributed by atoms with van der Waals surface area (Å²) in [5.74, 6) is -0.168. The SMILES string of the molecule is Cc1nc(-c2ccccn2)sc1C(=O)NC1CCC(Nc2cc(C(F)(F)F)nc3ccc(Cl)cc23)CC1. The molecule has 0 bridgehead atoms. The number of hydrogen-bond donors (Lipinski definition) is 2. The van der Waals surface area contributed by atoms with Crippen LogP contribution in [0.4, 0.5) is 18.9 Å². The average Bonchev–Trinajstić information content (AvgIpc) is 3.27. The Balaban J connectivity index is 1.24. The van der Waals surface area contributed by atoms with Gasteiger partial charge in [0.05, 0.1) is 16.9 Å². The zero-order chi connectivity index (χ0) is 26.2. The first-order valence-corrected chi connectivity index (χ1v) is 13.0. The Bertz CT molecular complexity index is 1440. The Morgan fingerprint density at radius 1 is 1.05 bits per heavy atom. The first kappa shape index (κ1) is 25.4. The van der Waals surface area contributed by atoms with Crippen LogP contribution in [0.5, 0.6) is 0 Å². The third-order valence-electron chi connectivity index (χ3n) is 6.37. The normalized spacial score (nSPS) is 18.1. The van der Waals surface area contributed by atoms with Gasteiger partial charge in [-0.2, -0.15) is 13.2 Å². The molecule has 192 valence electrons. The number of carbonyl (C=O) groups is 1. The van der Waals surface area contributed by atoms with Crippen LogP contribution in [0.2, 0.25) is 5.02 Å². The number of hydrogen-bond acceptors (Lipinski definition) is 6. The van der Waals surface area contributed by atoms with Gasteiger partial charge in [-0.3, -0.25) is 9.78 Å². The third-order valence-corrected chi connectivity index (χ3v) is 7.78. The number of halogens is 4. The Hall–Kier alpha value is -3.24. The number of pyridine rings is 2. The van der Waals surface area contributed by atoms with Gasteiger partial charge in [0.15, 0.2) is 0 Å². The fourth-order valence-electron chi connectivity index (χ4n) is 4.52. The summed E-state index contributed by atoms with van der Waals surface area (Å²) in [6.07, 6.45) is -0.0907. The molecule has 3 heterocycles. The van der Waals surface area contributed by atoms with E-state index in [4.69, 9.17) is 11.6 Å². The maximum atomic E-state index is 13.4. The van der Waals surface area contributed by atoms with Crippen molar-refractivity contribution in [2.45, 2.75) is 50.9 Å².